The van der Waals surface area contributed by atoms with E-state index in [1.54, 1.807) is 42.3 Å². The molecule has 31 heavy (non-hydrogen) atoms. The predicted molar refractivity (Wildman–Crippen MR) is 114 cm³/mol. The topological polar surface area (TPSA) is 108 Å². The van der Waals surface area contributed by atoms with Crippen LogP contribution in [0.1, 0.15) is 43.0 Å². The summed E-state index contributed by atoms with van der Waals surface area (Å²) in [4.78, 5) is 50.3. The molecule has 2 aromatic rings. The molecule has 0 aliphatic carbocycles. The summed E-state index contributed by atoms with van der Waals surface area (Å²) < 4.78 is 0. The Labute approximate surface area is 179 Å². The largest absolute Gasteiger partial charge is 0.326 e. The second-order valence-corrected chi connectivity index (χ2v) is 7.75. The maximum Gasteiger partial charge on any atom is 0.322 e. The van der Waals surface area contributed by atoms with Crippen LogP contribution in [-0.2, 0) is 19.9 Å². The Kier molecular flexibility index (Phi) is 5.06. The highest BCUT2D eigenvalue weighted by Gasteiger charge is 2.43. The van der Waals surface area contributed by atoms with Crippen LogP contribution in [0.3, 0.4) is 0 Å². The molecule has 2 aromatic carbocycles. The van der Waals surface area contributed by atoms with Crippen LogP contribution >= 0.6 is 0 Å². The van der Waals surface area contributed by atoms with E-state index in [9.17, 15) is 19.2 Å². The van der Waals surface area contributed by atoms with Gasteiger partial charge in [0, 0.05) is 18.8 Å². The molecule has 8 heteroatoms. The molecule has 0 radical (unpaired) electrons. The number of rotatable bonds is 4. The van der Waals surface area contributed by atoms with Gasteiger partial charge in [-0.05, 0) is 41.8 Å². The van der Waals surface area contributed by atoms with E-state index in [0.717, 1.165) is 11.1 Å². The number of hydrogen-bond donors (Lipinski definition) is 3. The van der Waals surface area contributed by atoms with Gasteiger partial charge < -0.3 is 15.5 Å². The molecule has 0 aromatic heterocycles. The van der Waals surface area contributed by atoms with Gasteiger partial charge in [-0.3, -0.25) is 19.7 Å². The molecule has 2 heterocycles. The molecule has 2 aliphatic heterocycles. The minimum Gasteiger partial charge on any atom is -0.326 e. The Morgan fingerprint density at radius 1 is 1.13 bits per heavy atom. The molecule has 4 rings (SSSR count). The van der Waals surface area contributed by atoms with Crippen LogP contribution in [0, 0.1) is 0 Å². The van der Waals surface area contributed by atoms with Crippen molar-refractivity contribution in [2.24, 2.45) is 0 Å². The summed E-state index contributed by atoms with van der Waals surface area (Å²) in [7, 11) is 0. The molecule has 2 atom stereocenters. The summed E-state index contributed by atoms with van der Waals surface area (Å²) in [5.41, 5.74) is 1.70. The molecule has 0 saturated carbocycles. The normalized spacial score (nSPS) is 21.9. The lowest BCUT2D eigenvalue weighted by molar-refractivity contribution is -0.129. The molecular weight excluding hydrogens is 396 g/mol. The first-order chi connectivity index (χ1) is 14.8. The van der Waals surface area contributed by atoms with E-state index in [1.165, 1.54) is 6.92 Å². The first-order valence-corrected chi connectivity index (χ1v) is 9.88. The SMILES string of the molecule is CC(=O)N1C=Cc2ccccc2C1CC(=O)Nc1cccc(C2(C)NC(=O)NC2=O)c1. The third-order valence-corrected chi connectivity index (χ3v) is 5.62. The van der Waals surface area contributed by atoms with Crippen molar-refractivity contribution >= 4 is 35.5 Å². The maximum absolute atomic E-state index is 12.9. The minimum absolute atomic E-state index is 0.0691. The van der Waals surface area contributed by atoms with Crippen LogP contribution in [0.25, 0.3) is 6.08 Å². The van der Waals surface area contributed by atoms with Crippen molar-refractivity contribution in [1.82, 2.24) is 15.5 Å². The number of amides is 5. The van der Waals surface area contributed by atoms with Crippen molar-refractivity contribution in [1.29, 1.82) is 0 Å². The van der Waals surface area contributed by atoms with E-state index in [4.69, 9.17) is 0 Å². The summed E-state index contributed by atoms with van der Waals surface area (Å²) in [5, 5.41) is 7.67. The van der Waals surface area contributed by atoms with E-state index < -0.39 is 23.5 Å². The molecule has 1 saturated heterocycles. The highest BCUT2D eigenvalue weighted by Crippen LogP contribution is 2.33. The summed E-state index contributed by atoms with van der Waals surface area (Å²) in [6, 6.07) is 13.4. The molecular formula is C23H22N4O4. The van der Waals surface area contributed by atoms with Crippen LogP contribution < -0.4 is 16.0 Å². The average Bonchev–Trinajstić information content (AvgIpc) is 3.00. The third kappa shape index (κ3) is 3.79. The molecule has 8 nitrogen and oxygen atoms in total. The van der Waals surface area contributed by atoms with Crippen molar-refractivity contribution in [3.8, 4) is 0 Å². The zero-order chi connectivity index (χ0) is 22.2. The van der Waals surface area contributed by atoms with Gasteiger partial charge in [-0.2, -0.15) is 0 Å². The monoisotopic (exact) mass is 418 g/mol. The zero-order valence-electron chi connectivity index (χ0n) is 17.1. The fourth-order valence-electron chi connectivity index (χ4n) is 3.96. The van der Waals surface area contributed by atoms with Crippen molar-refractivity contribution in [2.75, 3.05) is 5.32 Å². The Bertz CT molecular complexity index is 1130. The van der Waals surface area contributed by atoms with Gasteiger partial charge >= 0.3 is 6.03 Å². The van der Waals surface area contributed by atoms with Gasteiger partial charge in [0.05, 0.1) is 12.5 Å². The molecule has 5 amide bonds. The van der Waals surface area contributed by atoms with E-state index in [1.807, 2.05) is 30.3 Å². The lowest BCUT2D eigenvalue weighted by Gasteiger charge is -2.32. The molecule has 0 bridgehead atoms. The van der Waals surface area contributed by atoms with Crippen LogP contribution in [0.5, 0.6) is 0 Å². The fourth-order valence-corrected chi connectivity index (χ4v) is 3.96. The van der Waals surface area contributed by atoms with Crippen LogP contribution in [-0.4, -0.2) is 28.7 Å². The van der Waals surface area contributed by atoms with Crippen molar-refractivity contribution in [3.63, 3.8) is 0 Å². The van der Waals surface area contributed by atoms with Gasteiger partial charge in [0.2, 0.25) is 11.8 Å². The molecule has 0 spiro atoms. The number of benzene rings is 2. The van der Waals surface area contributed by atoms with Crippen LogP contribution in [0.15, 0.2) is 54.7 Å². The lowest BCUT2D eigenvalue weighted by atomic mass is 9.92. The number of hydrogen-bond acceptors (Lipinski definition) is 4. The Balaban J connectivity index is 1.54. The molecule has 2 unspecified atom stereocenters. The van der Waals surface area contributed by atoms with Gasteiger partial charge in [0.25, 0.3) is 5.91 Å². The molecule has 1 fully saturated rings. The quantitative estimate of drug-likeness (QED) is 0.664. The second kappa shape index (κ2) is 7.71. The van der Waals surface area contributed by atoms with E-state index in [2.05, 4.69) is 16.0 Å². The highest BCUT2D eigenvalue weighted by atomic mass is 16.2. The Morgan fingerprint density at radius 3 is 2.61 bits per heavy atom. The first-order valence-electron chi connectivity index (χ1n) is 9.88. The van der Waals surface area contributed by atoms with Crippen molar-refractivity contribution in [2.45, 2.75) is 31.8 Å². The van der Waals surface area contributed by atoms with E-state index >= 15 is 0 Å². The number of carbonyl (C=O) groups is 4. The second-order valence-electron chi connectivity index (χ2n) is 7.75. The van der Waals surface area contributed by atoms with Crippen molar-refractivity contribution in [3.05, 3.63) is 71.4 Å². The smallest absolute Gasteiger partial charge is 0.322 e. The maximum atomic E-state index is 12.9. The lowest BCUT2D eigenvalue weighted by Crippen LogP contribution is -2.40. The van der Waals surface area contributed by atoms with Crippen LogP contribution in [0.2, 0.25) is 0 Å². The number of imide groups is 1. The van der Waals surface area contributed by atoms with Crippen molar-refractivity contribution < 1.29 is 19.2 Å². The summed E-state index contributed by atoms with van der Waals surface area (Å²) in [6.07, 6.45) is 3.63. The predicted octanol–water partition coefficient (Wildman–Crippen LogP) is 2.64. The van der Waals surface area contributed by atoms with Gasteiger partial charge in [-0.15, -0.1) is 0 Å². The number of nitrogens with one attached hydrogen (secondary N) is 3. The summed E-state index contributed by atoms with van der Waals surface area (Å²) >= 11 is 0. The van der Waals surface area contributed by atoms with Crippen LogP contribution in [0.4, 0.5) is 10.5 Å². The van der Waals surface area contributed by atoms with Gasteiger partial charge in [0.1, 0.15) is 5.54 Å². The number of carbonyl (C=O) groups excluding carboxylic acids is 4. The van der Waals surface area contributed by atoms with Gasteiger partial charge in [0.15, 0.2) is 0 Å². The third-order valence-electron chi connectivity index (χ3n) is 5.62. The zero-order valence-corrected chi connectivity index (χ0v) is 17.1. The highest BCUT2D eigenvalue weighted by molar-refractivity contribution is 6.07. The average molecular weight is 418 g/mol. The summed E-state index contributed by atoms with van der Waals surface area (Å²) in [6.45, 7) is 3.07. The van der Waals surface area contributed by atoms with E-state index in [-0.39, 0.29) is 18.2 Å². The first kappa shape index (κ1) is 20.3. The number of urea groups is 1. The van der Waals surface area contributed by atoms with Gasteiger partial charge in [-0.1, -0.05) is 36.4 Å². The summed E-state index contributed by atoms with van der Waals surface area (Å²) in [5.74, 6) is -0.881. The Hall–Kier alpha value is -3.94. The molecule has 158 valence electrons. The minimum atomic E-state index is -1.21. The number of anilines is 1. The molecule has 3 N–H and O–H groups in total. The number of fused-ring (bicyclic) bond motifs is 1. The fraction of sp³-hybridized carbons (Fsp3) is 0.217. The van der Waals surface area contributed by atoms with E-state index in [0.29, 0.717) is 11.3 Å². The van der Waals surface area contributed by atoms with Gasteiger partial charge in [-0.25, -0.2) is 4.79 Å². The standard InChI is InChI=1S/C23H22N4O4/c1-14(28)27-11-10-15-6-3-4-9-18(15)19(27)13-20(29)24-17-8-5-7-16(12-17)23(2)21(30)25-22(31)26-23/h3-12,19H,13H2,1-2H3,(H,24,29)(H2,25,26,30,31). The molecule has 2 aliphatic rings. The number of nitrogens with zero attached hydrogens (tertiary/aromatic N) is 1. The Morgan fingerprint density at radius 2 is 1.90 bits per heavy atom.